The SMILES string of the molecule is COCCNC(=O)CNC(=O)Cc1ccc(C)s1. The summed E-state index contributed by atoms with van der Waals surface area (Å²) in [6, 6.07) is 3.91. The Morgan fingerprint density at radius 2 is 2.06 bits per heavy atom. The van der Waals surface area contributed by atoms with Crippen molar-refractivity contribution in [1.82, 2.24) is 10.6 Å². The molecule has 0 saturated carbocycles. The highest BCUT2D eigenvalue weighted by Crippen LogP contribution is 2.15. The number of rotatable bonds is 7. The molecule has 1 heterocycles. The van der Waals surface area contributed by atoms with Crippen molar-refractivity contribution < 1.29 is 14.3 Å². The van der Waals surface area contributed by atoms with Crippen LogP contribution in [0.25, 0.3) is 0 Å². The predicted octanol–water partition coefficient (Wildman–Crippen LogP) is 0.478. The Morgan fingerprint density at radius 1 is 1.28 bits per heavy atom. The molecule has 0 atom stereocenters. The van der Waals surface area contributed by atoms with Crippen LogP contribution in [0.4, 0.5) is 0 Å². The largest absolute Gasteiger partial charge is 0.383 e. The van der Waals surface area contributed by atoms with Crippen LogP contribution in [0.1, 0.15) is 9.75 Å². The molecule has 2 amide bonds. The summed E-state index contributed by atoms with van der Waals surface area (Å²) >= 11 is 1.59. The summed E-state index contributed by atoms with van der Waals surface area (Å²) in [5, 5.41) is 5.21. The highest BCUT2D eigenvalue weighted by atomic mass is 32.1. The first kappa shape index (κ1) is 14.7. The third kappa shape index (κ3) is 5.79. The molecule has 0 fully saturated rings. The van der Waals surface area contributed by atoms with Crippen LogP contribution in [-0.4, -0.2) is 38.6 Å². The molecule has 6 heteroatoms. The second-order valence-electron chi connectivity index (χ2n) is 3.81. The monoisotopic (exact) mass is 270 g/mol. The average molecular weight is 270 g/mol. The molecule has 5 nitrogen and oxygen atoms in total. The van der Waals surface area contributed by atoms with Crippen molar-refractivity contribution in [2.24, 2.45) is 0 Å². The maximum atomic E-state index is 11.5. The Morgan fingerprint density at radius 3 is 2.67 bits per heavy atom. The molecule has 2 N–H and O–H groups in total. The second kappa shape index (κ2) is 7.84. The fraction of sp³-hybridized carbons (Fsp3) is 0.500. The van der Waals surface area contributed by atoms with E-state index in [9.17, 15) is 9.59 Å². The van der Waals surface area contributed by atoms with Gasteiger partial charge in [0.05, 0.1) is 19.6 Å². The minimum atomic E-state index is -0.206. The maximum absolute atomic E-state index is 11.5. The van der Waals surface area contributed by atoms with E-state index in [0.717, 1.165) is 4.88 Å². The van der Waals surface area contributed by atoms with Gasteiger partial charge in [-0.25, -0.2) is 0 Å². The summed E-state index contributed by atoms with van der Waals surface area (Å²) in [4.78, 5) is 25.0. The molecule has 0 saturated heterocycles. The third-order valence-electron chi connectivity index (χ3n) is 2.21. The van der Waals surface area contributed by atoms with E-state index in [1.165, 1.54) is 4.88 Å². The predicted molar refractivity (Wildman–Crippen MR) is 70.7 cm³/mol. The number of nitrogens with one attached hydrogen (secondary N) is 2. The Bertz CT molecular complexity index is 404. The molecule has 1 aromatic heterocycles. The van der Waals surface area contributed by atoms with Crippen molar-refractivity contribution in [2.75, 3.05) is 26.8 Å². The van der Waals surface area contributed by atoms with E-state index in [4.69, 9.17) is 4.74 Å². The lowest BCUT2D eigenvalue weighted by molar-refractivity contribution is -0.125. The van der Waals surface area contributed by atoms with E-state index in [1.807, 2.05) is 19.1 Å². The van der Waals surface area contributed by atoms with E-state index < -0.39 is 0 Å². The zero-order chi connectivity index (χ0) is 13.4. The molecule has 0 aromatic carbocycles. The normalized spacial score (nSPS) is 10.1. The smallest absolute Gasteiger partial charge is 0.239 e. The summed E-state index contributed by atoms with van der Waals surface area (Å²) in [5.41, 5.74) is 0. The molecule has 100 valence electrons. The van der Waals surface area contributed by atoms with Gasteiger partial charge in [0, 0.05) is 23.4 Å². The van der Waals surface area contributed by atoms with Gasteiger partial charge >= 0.3 is 0 Å². The first-order valence-electron chi connectivity index (χ1n) is 5.69. The minimum Gasteiger partial charge on any atom is -0.383 e. The lowest BCUT2D eigenvalue weighted by atomic mass is 10.3. The van der Waals surface area contributed by atoms with Gasteiger partial charge in [0.25, 0.3) is 0 Å². The number of ether oxygens (including phenoxy) is 1. The summed E-state index contributed by atoms with van der Waals surface area (Å²) in [5.74, 6) is -0.346. The fourth-order valence-electron chi connectivity index (χ4n) is 1.33. The number of amides is 2. The molecule has 1 aromatic rings. The van der Waals surface area contributed by atoms with Gasteiger partial charge < -0.3 is 15.4 Å². The standard InChI is InChI=1S/C12H18N2O3S/c1-9-3-4-10(18-9)7-11(15)14-8-12(16)13-5-6-17-2/h3-4H,5-8H2,1-2H3,(H,13,16)(H,14,15). The van der Waals surface area contributed by atoms with Crippen molar-refractivity contribution in [3.8, 4) is 0 Å². The zero-order valence-electron chi connectivity index (χ0n) is 10.6. The third-order valence-corrected chi connectivity index (χ3v) is 3.21. The molecule has 0 bridgehead atoms. The van der Waals surface area contributed by atoms with Gasteiger partial charge in [-0.15, -0.1) is 11.3 Å². The number of hydrogen-bond donors (Lipinski definition) is 2. The van der Waals surface area contributed by atoms with Crippen LogP contribution in [0.15, 0.2) is 12.1 Å². The van der Waals surface area contributed by atoms with Crippen LogP contribution in [0.2, 0.25) is 0 Å². The van der Waals surface area contributed by atoms with Gasteiger partial charge in [-0.05, 0) is 19.1 Å². The first-order chi connectivity index (χ1) is 8.61. The highest BCUT2D eigenvalue weighted by molar-refractivity contribution is 7.12. The number of carbonyl (C=O) groups excluding carboxylic acids is 2. The molecule has 18 heavy (non-hydrogen) atoms. The Kier molecular flexibility index (Phi) is 6.38. The van der Waals surface area contributed by atoms with E-state index in [1.54, 1.807) is 18.4 Å². The van der Waals surface area contributed by atoms with Gasteiger partial charge in [-0.3, -0.25) is 9.59 Å². The number of carbonyl (C=O) groups is 2. The molecular formula is C12H18N2O3S. The van der Waals surface area contributed by atoms with Crippen LogP contribution in [0.3, 0.4) is 0 Å². The quantitative estimate of drug-likeness (QED) is 0.708. The van der Waals surface area contributed by atoms with E-state index in [0.29, 0.717) is 19.6 Å². The second-order valence-corrected chi connectivity index (χ2v) is 5.18. The van der Waals surface area contributed by atoms with Gasteiger partial charge in [0.1, 0.15) is 0 Å². The first-order valence-corrected chi connectivity index (χ1v) is 6.51. The summed E-state index contributed by atoms with van der Waals surface area (Å²) in [7, 11) is 1.57. The molecule has 0 aliphatic heterocycles. The summed E-state index contributed by atoms with van der Waals surface area (Å²) < 4.78 is 4.80. The Balaban J connectivity index is 2.18. The van der Waals surface area contributed by atoms with E-state index >= 15 is 0 Å². The van der Waals surface area contributed by atoms with Crippen LogP contribution < -0.4 is 10.6 Å². The fourth-order valence-corrected chi connectivity index (χ4v) is 2.22. The van der Waals surface area contributed by atoms with Crippen LogP contribution in [-0.2, 0) is 20.7 Å². The lowest BCUT2D eigenvalue weighted by Gasteiger charge is -2.05. The number of hydrogen-bond acceptors (Lipinski definition) is 4. The topological polar surface area (TPSA) is 67.4 Å². The van der Waals surface area contributed by atoms with Crippen molar-refractivity contribution in [3.05, 3.63) is 21.9 Å². The van der Waals surface area contributed by atoms with Crippen LogP contribution in [0, 0.1) is 6.92 Å². The number of aryl methyl sites for hydroxylation is 1. The maximum Gasteiger partial charge on any atom is 0.239 e. The number of thiophene rings is 1. The Labute approximate surface area is 111 Å². The minimum absolute atomic E-state index is 0.00685. The molecule has 1 rings (SSSR count). The van der Waals surface area contributed by atoms with Crippen molar-refractivity contribution in [3.63, 3.8) is 0 Å². The average Bonchev–Trinajstić information content (AvgIpc) is 2.72. The molecule has 0 aliphatic rings. The Hall–Kier alpha value is -1.40. The molecule has 0 radical (unpaired) electrons. The van der Waals surface area contributed by atoms with Gasteiger partial charge in [-0.1, -0.05) is 0 Å². The van der Waals surface area contributed by atoms with Crippen molar-refractivity contribution in [1.29, 1.82) is 0 Å². The van der Waals surface area contributed by atoms with E-state index in [-0.39, 0.29) is 18.4 Å². The van der Waals surface area contributed by atoms with E-state index in [2.05, 4.69) is 10.6 Å². The van der Waals surface area contributed by atoms with Gasteiger partial charge in [0.2, 0.25) is 11.8 Å². The number of methoxy groups -OCH3 is 1. The highest BCUT2D eigenvalue weighted by Gasteiger charge is 2.07. The van der Waals surface area contributed by atoms with Crippen molar-refractivity contribution in [2.45, 2.75) is 13.3 Å². The summed E-state index contributed by atoms with van der Waals surface area (Å²) in [6.45, 7) is 2.92. The lowest BCUT2D eigenvalue weighted by Crippen LogP contribution is -2.38. The summed E-state index contributed by atoms with van der Waals surface area (Å²) in [6.07, 6.45) is 0.323. The van der Waals surface area contributed by atoms with Gasteiger partial charge in [0.15, 0.2) is 0 Å². The van der Waals surface area contributed by atoms with Crippen LogP contribution >= 0.6 is 11.3 Å². The molecular weight excluding hydrogens is 252 g/mol. The molecule has 0 spiro atoms. The van der Waals surface area contributed by atoms with Crippen LogP contribution in [0.5, 0.6) is 0 Å². The van der Waals surface area contributed by atoms with Crippen molar-refractivity contribution >= 4 is 23.2 Å². The molecule has 0 unspecified atom stereocenters. The zero-order valence-corrected chi connectivity index (χ0v) is 11.4. The molecule has 0 aliphatic carbocycles. The van der Waals surface area contributed by atoms with Gasteiger partial charge in [-0.2, -0.15) is 0 Å².